The third-order valence-corrected chi connectivity index (χ3v) is 5.48. The molecule has 7 heteroatoms. The summed E-state index contributed by atoms with van der Waals surface area (Å²) in [6.45, 7) is 0.485. The minimum Gasteiger partial charge on any atom is -0.481 e. The Balaban J connectivity index is 1.51. The number of carbonyl (C=O) groups excluding carboxylic acids is 1. The molecule has 0 spiro atoms. The van der Waals surface area contributed by atoms with E-state index in [9.17, 15) is 19.5 Å². The van der Waals surface area contributed by atoms with Crippen molar-refractivity contribution in [2.45, 2.75) is 19.4 Å². The Morgan fingerprint density at radius 1 is 1.07 bits per heavy atom. The number of aliphatic carboxylic acids is 1. The van der Waals surface area contributed by atoms with Gasteiger partial charge in [0.15, 0.2) is 0 Å². The van der Waals surface area contributed by atoms with Crippen LogP contribution in [0.5, 0.6) is 0 Å². The van der Waals surface area contributed by atoms with Gasteiger partial charge in [0, 0.05) is 24.7 Å². The quantitative estimate of drug-likeness (QED) is 0.864. The minimum atomic E-state index is -0.844. The maximum Gasteiger partial charge on any atom is 0.308 e. The molecule has 7 nitrogen and oxygen atoms in total. The van der Waals surface area contributed by atoms with Crippen LogP contribution in [0, 0.1) is 17.8 Å². The van der Waals surface area contributed by atoms with Crippen molar-refractivity contribution < 1.29 is 14.7 Å². The van der Waals surface area contributed by atoms with E-state index in [2.05, 4.69) is 5.10 Å². The summed E-state index contributed by atoms with van der Waals surface area (Å²) < 4.78 is 1.16. The van der Waals surface area contributed by atoms with Gasteiger partial charge in [-0.1, -0.05) is 30.3 Å². The Hall–Kier alpha value is -2.96. The standard InChI is InChI=1S/C20H21N3O4/c24-18-9-8-17(14-4-2-1-3-5-14)21-23(18)12-19(25)22-10-15(13-6-7-13)16(11-22)20(26)27/h1-5,8-9,13,15-16H,6-7,10-12H2,(H,26,27)/t15-,16+/m1/s1. The van der Waals surface area contributed by atoms with E-state index in [0.29, 0.717) is 18.2 Å². The smallest absolute Gasteiger partial charge is 0.308 e. The van der Waals surface area contributed by atoms with Crippen LogP contribution < -0.4 is 5.56 Å². The second-order valence-electron chi connectivity index (χ2n) is 7.33. The van der Waals surface area contributed by atoms with Gasteiger partial charge in [0.1, 0.15) is 6.54 Å². The van der Waals surface area contributed by atoms with Gasteiger partial charge in [0.25, 0.3) is 5.56 Å². The van der Waals surface area contributed by atoms with Crippen molar-refractivity contribution in [1.29, 1.82) is 0 Å². The fourth-order valence-corrected chi connectivity index (χ4v) is 3.85. The Labute approximate surface area is 156 Å². The molecule has 140 valence electrons. The van der Waals surface area contributed by atoms with Crippen LogP contribution in [0.3, 0.4) is 0 Å². The zero-order valence-corrected chi connectivity index (χ0v) is 14.8. The summed E-state index contributed by atoms with van der Waals surface area (Å²) in [4.78, 5) is 37.9. The number of nitrogens with zero attached hydrogens (tertiary/aromatic N) is 3. The Kier molecular flexibility index (Phi) is 4.51. The van der Waals surface area contributed by atoms with Crippen LogP contribution in [-0.2, 0) is 16.1 Å². The molecule has 1 aromatic carbocycles. The SMILES string of the molecule is O=C(O)[C@H]1CN(C(=O)Cn2nc(-c3ccccc3)ccc2=O)C[C@@H]1C1CC1. The Morgan fingerprint density at radius 3 is 2.48 bits per heavy atom. The number of likely N-dealkylation sites (tertiary alicyclic amines) is 1. The highest BCUT2D eigenvalue weighted by Gasteiger charge is 2.46. The number of aromatic nitrogens is 2. The van der Waals surface area contributed by atoms with Crippen LogP contribution in [0.15, 0.2) is 47.3 Å². The highest BCUT2D eigenvalue weighted by Crippen LogP contribution is 2.44. The number of amides is 1. The molecule has 0 radical (unpaired) electrons. The number of rotatable bonds is 5. The predicted molar refractivity (Wildman–Crippen MR) is 97.9 cm³/mol. The first-order valence-electron chi connectivity index (χ1n) is 9.17. The maximum atomic E-state index is 12.7. The molecule has 1 aliphatic heterocycles. The first-order chi connectivity index (χ1) is 13.0. The number of carboxylic acid groups (broad SMARTS) is 1. The van der Waals surface area contributed by atoms with Gasteiger partial charge in [-0.25, -0.2) is 4.68 Å². The van der Waals surface area contributed by atoms with Gasteiger partial charge in [0.2, 0.25) is 5.91 Å². The van der Waals surface area contributed by atoms with Crippen molar-refractivity contribution in [3.8, 4) is 11.3 Å². The van der Waals surface area contributed by atoms with Crippen LogP contribution in [0.1, 0.15) is 12.8 Å². The van der Waals surface area contributed by atoms with Crippen molar-refractivity contribution in [3.63, 3.8) is 0 Å². The van der Waals surface area contributed by atoms with Crippen molar-refractivity contribution in [2.24, 2.45) is 17.8 Å². The first kappa shape index (κ1) is 17.5. The molecule has 2 atom stereocenters. The minimum absolute atomic E-state index is 0.0202. The van der Waals surface area contributed by atoms with Gasteiger partial charge in [-0.05, 0) is 30.7 Å². The van der Waals surface area contributed by atoms with Crippen molar-refractivity contribution in [3.05, 3.63) is 52.8 Å². The second kappa shape index (κ2) is 6.98. The van der Waals surface area contributed by atoms with E-state index in [0.717, 1.165) is 23.1 Å². The zero-order valence-electron chi connectivity index (χ0n) is 14.8. The summed E-state index contributed by atoms with van der Waals surface area (Å²) in [6.07, 6.45) is 2.08. The highest BCUT2D eigenvalue weighted by atomic mass is 16.4. The van der Waals surface area contributed by atoms with Crippen molar-refractivity contribution in [1.82, 2.24) is 14.7 Å². The molecule has 4 rings (SSSR count). The highest BCUT2D eigenvalue weighted by molar-refractivity contribution is 5.79. The van der Waals surface area contributed by atoms with Gasteiger partial charge in [-0.15, -0.1) is 0 Å². The van der Waals surface area contributed by atoms with Gasteiger partial charge < -0.3 is 10.0 Å². The van der Waals surface area contributed by atoms with Crippen molar-refractivity contribution >= 4 is 11.9 Å². The molecule has 27 heavy (non-hydrogen) atoms. The number of benzene rings is 1. The topological polar surface area (TPSA) is 92.5 Å². The van der Waals surface area contributed by atoms with Crippen LogP contribution >= 0.6 is 0 Å². The molecule has 2 fully saturated rings. The van der Waals surface area contributed by atoms with E-state index >= 15 is 0 Å². The van der Waals surface area contributed by atoms with Gasteiger partial charge in [-0.3, -0.25) is 14.4 Å². The molecule has 1 saturated carbocycles. The molecule has 2 aromatic rings. The molecule has 0 unspecified atom stereocenters. The molecule has 1 amide bonds. The normalized spacial score (nSPS) is 22.0. The lowest BCUT2D eigenvalue weighted by molar-refractivity contribution is -0.142. The zero-order chi connectivity index (χ0) is 19.0. The summed E-state index contributed by atoms with van der Waals surface area (Å²) >= 11 is 0. The maximum absolute atomic E-state index is 12.7. The van der Waals surface area contributed by atoms with E-state index in [1.165, 1.54) is 6.07 Å². The van der Waals surface area contributed by atoms with Crippen LogP contribution in [-0.4, -0.2) is 44.8 Å². The third kappa shape index (κ3) is 3.63. The molecule has 1 saturated heterocycles. The molecule has 1 N–H and O–H groups in total. The van der Waals surface area contributed by atoms with E-state index in [4.69, 9.17) is 0 Å². The Morgan fingerprint density at radius 2 is 1.81 bits per heavy atom. The average Bonchev–Trinajstić information content (AvgIpc) is 3.41. The van der Waals surface area contributed by atoms with Gasteiger partial charge >= 0.3 is 5.97 Å². The summed E-state index contributed by atoms with van der Waals surface area (Å²) in [5.41, 5.74) is 1.12. The first-order valence-corrected chi connectivity index (χ1v) is 9.17. The molecule has 1 aliphatic carbocycles. The molecule has 0 bridgehead atoms. The summed E-state index contributed by atoms with van der Waals surface area (Å²) in [5.74, 6) is -1.19. The van der Waals surface area contributed by atoms with Gasteiger partial charge in [0.05, 0.1) is 11.6 Å². The molecule has 2 aliphatic rings. The lowest BCUT2D eigenvalue weighted by Crippen LogP contribution is -2.36. The molecular formula is C20H21N3O4. The van der Waals surface area contributed by atoms with E-state index < -0.39 is 11.9 Å². The lowest BCUT2D eigenvalue weighted by atomic mass is 9.92. The predicted octanol–water partition coefficient (Wildman–Crippen LogP) is 1.48. The number of carboxylic acids is 1. The molecular weight excluding hydrogens is 346 g/mol. The summed E-state index contributed by atoms with van der Waals surface area (Å²) in [5, 5.41) is 13.8. The third-order valence-electron chi connectivity index (χ3n) is 5.48. The van der Waals surface area contributed by atoms with Crippen LogP contribution in [0.4, 0.5) is 0 Å². The summed E-state index contributed by atoms with van der Waals surface area (Å²) in [7, 11) is 0. The van der Waals surface area contributed by atoms with E-state index in [1.54, 1.807) is 11.0 Å². The van der Waals surface area contributed by atoms with E-state index in [-0.39, 0.29) is 30.5 Å². The second-order valence-corrected chi connectivity index (χ2v) is 7.33. The lowest BCUT2D eigenvalue weighted by Gasteiger charge is -2.17. The van der Waals surface area contributed by atoms with Crippen LogP contribution in [0.2, 0.25) is 0 Å². The van der Waals surface area contributed by atoms with E-state index in [1.807, 2.05) is 30.3 Å². The fourth-order valence-electron chi connectivity index (χ4n) is 3.85. The Bertz CT molecular complexity index is 920. The summed E-state index contributed by atoms with van der Waals surface area (Å²) in [6, 6.07) is 12.5. The van der Waals surface area contributed by atoms with Crippen LogP contribution in [0.25, 0.3) is 11.3 Å². The molecule has 2 heterocycles. The monoisotopic (exact) mass is 367 g/mol. The van der Waals surface area contributed by atoms with Crippen molar-refractivity contribution in [2.75, 3.05) is 13.1 Å². The number of carbonyl (C=O) groups is 2. The fraction of sp³-hybridized carbons (Fsp3) is 0.400. The number of hydrogen-bond donors (Lipinski definition) is 1. The number of hydrogen-bond acceptors (Lipinski definition) is 4. The average molecular weight is 367 g/mol. The van der Waals surface area contributed by atoms with Gasteiger partial charge in [-0.2, -0.15) is 5.10 Å². The molecule has 1 aromatic heterocycles. The largest absolute Gasteiger partial charge is 0.481 e.